The Morgan fingerprint density at radius 3 is 1.73 bits per heavy atom. The lowest BCUT2D eigenvalue weighted by atomic mass is 9.77. The number of carboxylic acid groups (broad SMARTS) is 1. The third kappa shape index (κ3) is 3.80. The van der Waals surface area contributed by atoms with Gasteiger partial charge in [0.1, 0.15) is 5.41 Å². The molecule has 0 fully saturated rings. The van der Waals surface area contributed by atoms with E-state index in [2.05, 4.69) is 0 Å². The van der Waals surface area contributed by atoms with E-state index in [-0.39, 0.29) is 0 Å². The van der Waals surface area contributed by atoms with Gasteiger partial charge in [-0.25, -0.2) is 0 Å². The number of aliphatic hydroxyl groups excluding tert-OH is 1. The van der Waals surface area contributed by atoms with Crippen molar-refractivity contribution < 1.29 is 20.1 Å². The minimum absolute atomic E-state index is 0.330. The summed E-state index contributed by atoms with van der Waals surface area (Å²) in [6.07, 6.45) is 2.00. The lowest BCUT2D eigenvalue weighted by molar-refractivity contribution is -0.184. The molecule has 0 rings (SSSR count). The van der Waals surface area contributed by atoms with Gasteiger partial charge in [-0.05, 0) is 12.8 Å². The number of aliphatic hydroxyl groups is 2. The number of carbonyl (C=O) groups is 1. The number of hydrogen-bond acceptors (Lipinski definition) is 3. The van der Waals surface area contributed by atoms with E-state index in [1.54, 1.807) is 0 Å². The summed E-state index contributed by atoms with van der Waals surface area (Å²) in [5.74, 6) is -1.10. The molecule has 0 atom stereocenters. The first-order chi connectivity index (χ1) is 7.01. The zero-order valence-electron chi connectivity index (χ0n) is 9.57. The molecule has 4 heteroatoms. The Balaban J connectivity index is 4.65. The van der Waals surface area contributed by atoms with Gasteiger partial charge in [-0.15, -0.1) is 0 Å². The smallest absolute Gasteiger partial charge is 0.314 e. The van der Waals surface area contributed by atoms with Crippen LogP contribution < -0.4 is 0 Å². The van der Waals surface area contributed by atoms with E-state index in [1.165, 1.54) is 0 Å². The fraction of sp³-hybridized carbons (Fsp3) is 0.909. The summed E-state index contributed by atoms with van der Waals surface area (Å²) in [5.41, 5.74) is -1.37. The molecule has 4 nitrogen and oxygen atoms in total. The molecule has 0 aromatic carbocycles. The highest BCUT2D eigenvalue weighted by molar-refractivity contribution is 5.75. The molecule has 0 bridgehead atoms. The molecular weight excluding hydrogens is 196 g/mol. The number of rotatable bonds is 8. The second kappa shape index (κ2) is 6.80. The maximum atomic E-state index is 11.2. The predicted octanol–water partition coefficient (Wildman–Crippen LogP) is 1.75. The molecule has 0 saturated carbocycles. The van der Waals surface area contributed by atoms with Crippen molar-refractivity contribution in [1.82, 2.24) is 0 Å². The Hall–Kier alpha value is -0.610. The summed E-state index contributed by atoms with van der Waals surface area (Å²) in [6.45, 7) is 3.91. The van der Waals surface area contributed by atoms with E-state index >= 15 is 0 Å². The van der Waals surface area contributed by atoms with Gasteiger partial charge in [0, 0.05) is 0 Å². The van der Waals surface area contributed by atoms with E-state index < -0.39 is 17.7 Å². The van der Waals surface area contributed by atoms with Crippen LogP contribution in [-0.4, -0.2) is 27.6 Å². The van der Waals surface area contributed by atoms with E-state index in [0.29, 0.717) is 25.7 Å². The van der Waals surface area contributed by atoms with Crippen molar-refractivity contribution in [3.63, 3.8) is 0 Å². The summed E-state index contributed by atoms with van der Waals surface area (Å²) >= 11 is 0. The number of aliphatic carboxylic acids is 1. The third-order valence-electron chi connectivity index (χ3n) is 2.87. The summed E-state index contributed by atoms with van der Waals surface area (Å²) < 4.78 is 0. The van der Waals surface area contributed by atoms with Crippen LogP contribution in [0.4, 0.5) is 0 Å². The molecule has 3 N–H and O–H groups in total. The van der Waals surface area contributed by atoms with E-state index in [4.69, 9.17) is 5.11 Å². The molecule has 0 heterocycles. The largest absolute Gasteiger partial charge is 0.481 e. The van der Waals surface area contributed by atoms with Crippen molar-refractivity contribution in [3.05, 3.63) is 0 Å². The summed E-state index contributed by atoms with van der Waals surface area (Å²) in [5, 5.41) is 27.6. The highest BCUT2D eigenvalue weighted by Gasteiger charge is 2.43. The molecule has 0 unspecified atom stereocenters. The molecule has 0 aliphatic carbocycles. The van der Waals surface area contributed by atoms with Crippen LogP contribution in [-0.2, 0) is 4.79 Å². The second-order valence-electron chi connectivity index (χ2n) is 4.04. The van der Waals surface area contributed by atoms with Gasteiger partial charge in [0.2, 0.25) is 0 Å². The van der Waals surface area contributed by atoms with Crippen LogP contribution in [0.2, 0.25) is 0 Å². The van der Waals surface area contributed by atoms with Gasteiger partial charge in [0.25, 0.3) is 0 Å². The SMILES string of the molecule is CCCCC(CCCC)(C(=O)O)C(O)O. The topological polar surface area (TPSA) is 77.8 Å². The molecule has 0 aromatic heterocycles. The fourth-order valence-electron chi connectivity index (χ4n) is 1.69. The quantitative estimate of drug-likeness (QED) is 0.542. The normalized spacial score (nSPS) is 12.1. The first-order valence-corrected chi connectivity index (χ1v) is 5.60. The summed E-state index contributed by atoms with van der Waals surface area (Å²) in [6, 6.07) is 0. The Labute approximate surface area is 90.9 Å². The van der Waals surface area contributed by atoms with Crippen molar-refractivity contribution >= 4 is 5.97 Å². The monoisotopic (exact) mass is 218 g/mol. The van der Waals surface area contributed by atoms with Crippen LogP contribution in [0.3, 0.4) is 0 Å². The molecule has 0 spiro atoms. The van der Waals surface area contributed by atoms with Crippen LogP contribution in [0.1, 0.15) is 52.4 Å². The van der Waals surface area contributed by atoms with Gasteiger partial charge in [-0.2, -0.15) is 0 Å². The molecule has 90 valence electrons. The Kier molecular flexibility index (Phi) is 6.52. The van der Waals surface area contributed by atoms with Crippen molar-refractivity contribution in [2.45, 2.75) is 58.7 Å². The lowest BCUT2D eigenvalue weighted by Crippen LogP contribution is -2.42. The first-order valence-electron chi connectivity index (χ1n) is 5.60. The molecule has 0 amide bonds. The van der Waals surface area contributed by atoms with Crippen molar-refractivity contribution in [2.75, 3.05) is 0 Å². The highest BCUT2D eigenvalue weighted by atomic mass is 16.5. The second-order valence-corrected chi connectivity index (χ2v) is 4.04. The molecule has 0 radical (unpaired) electrons. The molecule has 0 saturated heterocycles. The first kappa shape index (κ1) is 14.4. The third-order valence-corrected chi connectivity index (χ3v) is 2.87. The van der Waals surface area contributed by atoms with Gasteiger partial charge in [0.15, 0.2) is 6.29 Å². The highest BCUT2D eigenvalue weighted by Crippen LogP contribution is 2.34. The van der Waals surface area contributed by atoms with E-state index in [9.17, 15) is 15.0 Å². The van der Waals surface area contributed by atoms with E-state index in [1.807, 2.05) is 13.8 Å². The minimum atomic E-state index is -1.77. The zero-order chi connectivity index (χ0) is 11.9. The Morgan fingerprint density at radius 2 is 1.53 bits per heavy atom. The van der Waals surface area contributed by atoms with Crippen LogP contribution >= 0.6 is 0 Å². The van der Waals surface area contributed by atoms with Crippen molar-refractivity contribution in [3.8, 4) is 0 Å². The number of unbranched alkanes of at least 4 members (excludes halogenated alkanes) is 2. The molecule has 0 aliphatic rings. The molecule has 15 heavy (non-hydrogen) atoms. The lowest BCUT2D eigenvalue weighted by Gasteiger charge is -2.31. The average molecular weight is 218 g/mol. The molecular formula is C11H22O4. The Bertz CT molecular complexity index is 181. The maximum Gasteiger partial charge on any atom is 0.314 e. The summed E-state index contributed by atoms with van der Waals surface area (Å²) in [7, 11) is 0. The molecule has 0 aliphatic heterocycles. The van der Waals surface area contributed by atoms with Crippen molar-refractivity contribution in [2.24, 2.45) is 5.41 Å². The van der Waals surface area contributed by atoms with Crippen LogP contribution in [0.25, 0.3) is 0 Å². The van der Waals surface area contributed by atoms with Gasteiger partial charge < -0.3 is 15.3 Å². The van der Waals surface area contributed by atoms with Crippen molar-refractivity contribution in [1.29, 1.82) is 0 Å². The van der Waals surface area contributed by atoms with Gasteiger partial charge in [-0.1, -0.05) is 39.5 Å². The van der Waals surface area contributed by atoms with E-state index in [0.717, 1.165) is 12.8 Å². The number of carboxylic acids is 1. The van der Waals surface area contributed by atoms with Gasteiger partial charge in [-0.3, -0.25) is 4.79 Å². The standard InChI is InChI=1S/C11H22O4/c1-3-5-7-11(9(12)13,10(14)15)8-6-4-2/h9,12-13H,3-8H2,1-2H3,(H,14,15). The van der Waals surface area contributed by atoms with Crippen LogP contribution in [0, 0.1) is 5.41 Å². The summed E-state index contributed by atoms with van der Waals surface area (Å²) in [4.78, 5) is 11.2. The zero-order valence-corrected chi connectivity index (χ0v) is 9.57. The predicted molar refractivity (Wildman–Crippen MR) is 57.3 cm³/mol. The van der Waals surface area contributed by atoms with Crippen LogP contribution in [0.5, 0.6) is 0 Å². The van der Waals surface area contributed by atoms with Gasteiger partial charge in [0.05, 0.1) is 0 Å². The minimum Gasteiger partial charge on any atom is -0.481 e. The maximum absolute atomic E-state index is 11.2. The molecule has 0 aromatic rings. The van der Waals surface area contributed by atoms with Crippen LogP contribution in [0.15, 0.2) is 0 Å². The fourth-order valence-corrected chi connectivity index (χ4v) is 1.69. The Morgan fingerprint density at radius 1 is 1.13 bits per heavy atom. The van der Waals surface area contributed by atoms with Gasteiger partial charge >= 0.3 is 5.97 Å². The number of hydrogen-bond donors (Lipinski definition) is 3. The average Bonchev–Trinajstić information content (AvgIpc) is 2.17.